The number of nitrogen functional groups attached to an aromatic ring is 1. The van der Waals surface area contributed by atoms with Gasteiger partial charge in [0.05, 0.1) is 17.8 Å². The molecule has 0 spiro atoms. The van der Waals surface area contributed by atoms with Crippen LogP contribution in [0.2, 0.25) is 5.02 Å². The maximum atomic E-state index is 6.20. The first-order chi connectivity index (χ1) is 10.0. The number of benzene rings is 1. The van der Waals surface area contributed by atoms with Crippen LogP contribution in [-0.2, 0) is 6.42 Å². The van der Waals surface area contributed by atoms with E-state index in [9.17, 15) is 0 Å². The highest BCUT2D eigenvalue weighted by Gasteiger charge is 2.11. The van der Waals surface area contributed by atoms with Crippen molar-refractivity contribution in [2.24, 2.45) is 0 Å². The van der Waals surface area contributed by atoms with Crippen LogP contribution in [0, 0.1) is 6.92 Å². The van der Waals surface area contributed by atoms with Crippen LogP contribution in [0.25, 0.3) is 0 Å². The second-order valence-corrected chi connectivity index (χ2v) is 5.13. The van der Waals surface area contributed by atoms with E-state index >= 15 is 0 Å². The molecule has 6 heteroatoms. The molecule has 0 atom stereocenters. The molecule has 0 aliphatic rings. The average Bonchev–Trinajstić information content (AvgIpc) is 2.46. The number of nitrogens with one attached hydrogen (secondary N) is 1. The van der Waals surface area contributed by atoms with Crippen molar-refractivity contribution in [3.63, 3.8) is 0 Å². The Morgan fingerprint density at radius 3 is 2.76 bits per heavy atom. The summed E-state index contributed by atoms with van der Waals surface area (Å²) in [5.74, 6) is 2.59. The van der Waals surface area contributed by atoms with Gasteiger partial charge in [0.25, 0.3) is 0 Å². The van der Waals surface area contributed by atoms with E-state index < -0.39 is 0 Å². The molecule has 0 fully saturated rings. The molecule has 0 radical (unpaired) electrons. The average molecular weight is 307 g/mol. The number of aryl methyl sites for hydroxylation is 1. The number of aromatic nitrogens is 2. The van der Waals surface area contributed by atoms with Crippen molar-refractivity contribution >= 4 is 28.9 Å². The number of anilines is 3. The smallest absolute Gasteiger partial charge is 0.139 e. The largest absolute Gasteiger partial charge is 0.497 e. The lowest BCUT2D eigenvalue weighted by atomic mass is 10.2. The van der Waals surface area contributed by atoms with Crippen LogP contribution in [-0.4, -0.2) is 17.1 Å². The summed E-state index contributed by atoms with van der Waals surface area (Å²) < 4.78 is 5.21. The number of halogens is 1. The lowest BCUT2D eigenvalue weighted by Crippen LogP contribution is -2.07. The van der Waals surface area contributed by atoms with Crippen molar-refractivity contribution in [1.82, 2.24) is 9.97 Å². The maximum Gasteiger partial charge on any atom is 0.139 e. The monoisotopic (exact) mass is 306 g/mol. The van der Waals surface area contributed by atoms with Gasteiger partial charge in [0, 0.05) is 18.1 Å². The molecule has 3 N–H and O–H groups in total. The summed E-state index contributed by atoms with van der Waals surface area (Å²) in [6.45, 7) is 3.95. The summed E-state index contributed by atoms with van der Waals surface area (Å²) in [7, 11) is 1.61. The van der Waals surface area contributed by atoms with Gasteiger partial charge < -0.3 is 15.8 Å². The van der Waals surface area contributed by atoms with Crippen molar-refractivity contribution in [2.45, 2.75) is 26.7 Å². The summed E-state index contributed by atoms with van der Waals surface area (Å²) >= 11 is 6.20. The van der Waals surface area contributed by atoms with Gasteiger partial charge in [-0.3, -0.25) is 0 Å². The number of nitrogens with zero attached hydrogens (tertiary/aromatic N) is 2. The van der Waals surface area contributed by atoms with E-state index in [4.69, 9.17) is 22.1 Å². The Labute approximate surface area is 129 Å². The molecule has 112 valence electrons. The minimum atomic E-state index is 0.481. The van der Waals surface area contributed by atoms with Crippen molar-refractivity contribution in [3.8, 4) is 5.75 Å². The van der Waals surface area contributed by atoms with E-state index in [1.165, 1.54) is 0 Å². The zero-order valence-corrected chi connectivity index (χ0v) is 13.2. The molecule has 0 aliphatic heterocycles. The third-order valence-electron chi connectivity index (χ3n) is 3.13. The summed E-state index contributed by atoms with van der Waals surface area (Å²) in [4.78, 5) is 8.80. The fourth-order valence-corrected chi connectivity index (χ4v) is 2.06. The first kappa shape index (κ1) is 15.4. The van der Waals surface area contributed by atoms with Crippen LogP contribution >= 0.6 is 11.6 Å². The number of nitrogens with two attached hydrogens (primary N) is 1. The molecule has 0 amide bonds. The summed E-state index contributed by atoms with van der Waals surface area (Å²) in [5.41, 5.74) is 7.47. The van der Waals surface area contributed by atoms with E-state index in [0.29, 0.717) is 16.7 Å². The van der Waals surface area contributed by atoms with Gasteiger partial charge in [-0.15, -0.1) is 0 Å². The van der Waals surface area contributed by atoms with Gasteiger partial charge in [-0.05, 0) is 25.5 Å². The molecule has 1 aromatic carbocycles. The molecular weight excluding hydrogens is 288 g/mol. The van der Waals surface area contributed by atoms with Crippen LogP contribution in [0.3, 0.4) is 0 Å². The number of ether oxygens (including phenoxy) is 1. The molecular formula is C15H19ClN4O. The molecule has 0 aliphatic carbocycles. The Kier molecular flexibility index (Phi) is 4.85. The topological polar surface area (TPSA) is 73.1 Å². The van der Waals surface area contributed by atoms with Gasteiger partial charge in [-0.1, -0.05) is 18.5 Å². The summed E-state index contributed by atoms with van der Waals surface area (Å²) in [6, 6.07) is 5.40. The van der Waals surface area contributed by atoms with Crippen LogP contribution < -0.4 is 15.8 Å². The Hall–Kier alpha value is -2.01. The quantitative estimate of drug-likeness (QED) is 0.880. The van der Waals surface area contributed by atoms with Gasteiger partial charge in [0.15, 0.2) is 0 Å². The van der Waals surface area contributed by atoms with Crippen molar-refractivity contribution < 1.29 is 4.74 Å². The van der Waals surface area contributed by atoms with Gasteiger partial charge in [0.2, 0.25) is 0 Å². The first-order valence-electron chi connectivity index (χ1n) is 6.78. The zero-order chi connectivity index (χ0) is 15.4. The first-order valence-corrected chi connectivity index (χ1v) is 7.16. The molecule has 0 saturated carbocycles. The maximum absolute atomic E-state index is 6.20. The molecule has 1 heterocycles. The number of hydrogen-bond acceptors (Lipinski definition) is 5. The molecule has 2 aromatic rings. The molecule has 0 unspecified atom stereocenters. The molecule has 5 nitrogen and oxygen atoms in total. The SMILES string of the molecule is CCCc1nc(N)c(C)c(Nc2cc(OC)ccc2Cl)n1. The number of methoxy groups -OCH3 is 1. The highest BCUT2D eigenvalue weighted by atomic mass is 35.5. The lowest BCUT2D eigenvalue weighted by molar-refractivity contribution is 0.415. The molecule has 21 heavy (non-hydrogen) atoms. The van der Waals surface area contributed by atoms with E-state index in [2.05, 4.69) is 22.2 Å². The number of rotatable bonds is 5. The second-order valence-electron chi connectivity index (χ2n) is 4.72. The van der Waals surface area contributed by atoms with Gasteiger partial charge >= 0.3 is 0 Å². The lowest BCUT2D eigenvalue weighted by Gasteiger charge is -2.13. The van der Waals surface area contributed by atoms with E-state index in [-0.39, 0.29) is 0 Å². The zero-order valence-electron chi connectivity index (χ0n) is 12.4. The van der Waals surface area contributed by atoms with E-state index in [1.54, 1.807) is 19.2 Å². The van der Waals surface area contributed by atoms with Gasteiger partial charge in [-0.2, -0.15) is 0 Å². The van der Waals surface area contributed by atoms with Crippen LogP contribution in [0.1, 0.15) is 24.7 Å². The Morgan fingerprint density at radius 1 is 1.33 bits per heavy atom. The standard InChI is InChI=1S/C15H19ClN4O/c1-4-5-13-19-14(17)9(2)15(20-13)18-12-8-10(21-3)6-7-11(12)16/h6-8H,4-5H2,1-3H3,(H3,17,18,19,20). The van der Waals surface area contributed by atoms with Crippen molar-refractivity contribution in [3.05, 3.63) is 34.6 Å². The van der Waals surface area contributed by atoms with Crippen LogP contribution in [0.5, 0.6) is 5.75 Å². The molecule has 2 rings (SSSR count). The van der Waals surface area contributed by atoms with E-state index in [0.717, 1.165) is 35.7 Å². The van der Waals surface area contributed by atoms with Gasteiger partial charge in [0.1, 0.15) is 23.2 Å². The Balaban J connectivity index is 2.38. The van der Waals surface area contributed by atoms with Crippen molar-refractivity contribution in [1.29, 1.82) is 0 Å². The Morgan fingerprint density at radius 2 is 2.10 bits per heavy atom. The minimum Gasteiger partial charge on any atom is -0.497 e. The summed E-state index contributed by atoms with van der Waals surface area (Å²) in [5, 5.41) is 3.80. The van der Waals surface area contributed by atoms with E-state index in [1.807, 2.05) is 13.0 Å². The molecule has 1 aromatic heterocycles. The minimum absolute atomic E-state index is 0.481. The third-order valence-corrected chi connectivity index (χ3v) is 3.46. The predicted molar refractivity (Wildman–Crippen MR) is 86.5 cm³/mol. The molecule has 0 saturated heterocycles. The fraction of sp³-hybridized carbons (Fsp3) is 0.333. The van der Waals surface area contributed by atoms with Crippen LogP contribution in [0.15, 0.2) is 18.2 Å². The van der Waals surface area contributed by atoms with Crippen LogP contribution in [0.4, 0.5) is 17.3 Å². The third kappa shape index (κ3) is 3.55. The molecule has 0 bridgehead atoms. The van der Waals surface area contributed by atoms with Crippen molar-refractivity contribution in [2.75, 3.05) is 18.2 Å². The highest BCUT2D eigenvalue weighted by molar-refractivity contribution is 6.33. The summed E-state index contributed by atoms with van der Waals surface area (Å²) in [6.07, 6.45) is 1.74. The normalized spacial score (nSPS) is 10.5. The highest BCUT2D eigenvalue weighted by Crippen LogP contribution is 2.30. The Bertz CT molecular complexity index is 646. The predicted octanol–water partition coefficient (Wildman–Crippen LogP) is 3.73. The fourth-order valence-electron chi connectivity index (χ4n) is 1.89. The van der Waals surface area contributed by atoms with Gasteiger partial charge in [-0.25, -0.2) is 9.97 Å². The number of hydrogen-bond donors (Lipinski definition) is 2. The second kappa shape index (κ2) is 6.63.